The van der Waals surface area contributed by atoms with Crippen LogP contribution in [0, 0.1) is 0 Å². The monoisotopic (exact) mass is 437 g/mol. The number of nitrogens with zero attached hydrogens (tertiary/aromatic N) is 5. The number of benzene rings is 2. The van der Waals surface area contributed by atoms with Crippen LogP contribution >= 0.6 is 0 Å². The zero-order valence-electron chi connectivity index (χ0n) is 18.0. The molecule has 2 N–H and O–H groups in total. The van der Waals surface area contributed by atoms with Gasteiger partial charge in [0.25, 0.3) is 5.91 Å². The maximum atomic E-state index is 13.2. The Balaban J connectivity index is 1.14. The first-order chi connectivity index (χ1) is 16.2. The van der Waals surface area contributed by atoms with E-state index >= 15 is 0 Å². The molecule has 164 valence electrons. The fraction of sp³-hybridized carbons (Fsp3) is 0.240. The van der Waals surface area contributed by atoms with Crippen LogP contribution in [0.25, 0.3) is 11.3 Å². The normalized spacial score (nSPS) is 15.2. The Kier molecular flexibility index (Phi) is 4.83. The van der Waals surface area contributed by atoms with Crippen LogP contribution in [0.2, 0.25) is 0 Å². The van der Waals surface area contributed by atoms with E-state index in [2.05, 4.69) is 50.0 Å². The van der Waals surface area contributed by atoms with Crippen LogP contribution in [0.3, 0.4) is 0 Å². The van der Waals surface area contributed by atoms with Gasteiger partial charge in [-0.25, -0.2) is 9.97 Å². The second-order valence-corrected chi connectivity index (χ2v) is 8.60. The minimum Gasteiger partial charge on any atom is -0.351 e. The van der Waals surface area contributed by atoms with Gasteiger partial charge in [0.1, 0.15) is 5.69 Å². The van der Waals surface area contributed by atoms with Crippen molar-refractivity contribution in [2.45, 2.75) is 31.8 Å². The first-order valence-electron chi connectivity index (χ1n) is 11.2. The Morgan fingerprint density at radius 2 is 1.88 bits per heavy atom. The number of nitrogens with one attached hydrogen (secondary N) is 2. The Labute approximate surface area is 191 Å². The third kappa shape index (κ3) is 3.84. The highest BCUT2D eigenvalue weighted by molar-refractivity contribution is 5.95. The second kappa shape index (κ2) is 8.12. The van der Waals surface area contributed by atoms with Crippen LogP contribution in [-0.2, 0) is 25.8 Å². The molecular weight excluding hydrogens is 414 g/mol. The first-order valence-corrected chi connectivity index (χ1v) is 11.2. The Bertz CT molecular complexity index is 1290. The van der Waals surface area contributed by atoms with Crippen molar-refractivity contribution < 1.29 is 4.79 Å². The molecule has 0 spiro atoms. The van der Waals surface area contributed by atoms with Crippen LogP contribution in [0.15, 0.2) is 60.9 Å². The third-order valence-corrected chi connectivity index (χ3v) is 6.43. The molecular formula is C25H23N7O. The molecule has 2 aromatic carbocycles. The maximum Gasteiger partial charge on any atom is 0.254 e. The molecule has 4 aromatic rings. The molecule has 3 heterocycles. The molecule has 1 aliphatic carbocycles. The Morgan fingerprint density at radius 1 is 1.03 bits per heavy atom. The van der Waals surface area contributed by atoms with Gasteiger partial charge in [-0.05, 0) is 36.1 Å². The molecule has 1 aliphatic heterocycles. The molecule has 1 amide bonds. The van der Waals surface area contributed by atoms with Crippen molar-refractivity contribution in [1.29, 1.82) is 0 Å². The number of carbonyl (C=O) groups is 1. The van der Waals surface area contributed by atoms with Crippen LogP contribution in [0.4, 0.5) is 5.95 Å². The fourth-order valence-electron chi connectivity index (χ4n) is 4.74. The van der Waals surface area contributed by atoms with E-state index in [9.17, 15) is 4.79 Å². The number of carbonyl (C=O) groups excluding carboxylic acids is 1. The van der Waals surface area contributed by atoms with Crippen molar-refractivity contribution in [3.8, 4) is 11.3 Å². The van der Waals surface area contributed by atoms with Crippen LogP contribution in [0.1, 0.15) is 32.7 Å². The van der Waals surface area contributed by atoms with E-state index in [0.717, 1.165) is 29.7 Å². The summed E-state index contributed by atoms with van der Waals surface area (Å²) in [6, 6.07) is 16.4. The van der Waals surface area contributed by atoms with Gasteiger partial charge in [0, 0.05) is 48.4 Å². The number of aromatic nitrogens is 5. The van der Waals surface area contributed by atoms with E-state index in [0.29, 0.717) is 42.8 Å². The number of fused-ring (bicyclic) bond motifs is 2. The van der Waals surface area contributed by atoms with E-state index in [1.54, 1.807) is 6.20 Å². The van der Waals surface area contributed by atoms with E-state index in [1.165, 1.54) is 11.1 Å². The number of hydrogen-bond acceptors (Lipinski definition) is 6. The molecule has 0 saturated heterocycles. The molecule has 0 atom stereocenters. The summed E-state index contributed by atoms with van der Waals surface area (Å²) in [5.74, 6) is 0.670. The topological polar surface area (TPSA) is 99.7 Å². The Morgan fingerprint density at radius 3 is 2.67 bits per heavy atom. The van der Waals surface area contributed by atoms with Gasteiger partial charge >= 0.3 is 0 Å². The lowest BCUT2D eigenvalue weighted by Gasteiger charge is -2.28. The quantitative estimate of drug-likeness (QED) is 0.509. The molecule has 6 rings (SSSR count). The molecule has 0 bridgehead atoms. The highest BCUT2D eigenvalue weighted by atomic mass is 16.2. The largest absolute Gasteiger partial charge is 0.351 e. The summed E-state index contributed by atoms with van der Waals surface area (Å²) in [6.07, 6.45) is 6.21. The zero-order valence-corrected chi connectivity index (χ0v) is 18.0. The molecule has 8 nitrogen and oxygen atoms in total. The Hall–Kier alpha value is -4.07. The van der Waals surface area contributed by atoms with Crippen molar-refractivity contribution in [3.63, 3.8) is 0 Å². The summed E-state index contributed by atoms with van der Waals surface area (Å²) in [5, 5.41) is 14.1. The summed E-state index contributed by atoms with van der Waals surface area (Å²) < 4.78 is 0. The molecule has 2 aromatic heterocycles. The second-order valence-electron chi connectivity index (χ2n) is 8.60. The van der Waals surface area contributed by atoms with Gasteiger partial charge < -0.3 is 10.2 Å². The number of hydrogen-bond donors (Lipinski definition) is 2. The number of anilines is 1. The minimum atomic E-state index is -0.00286. The molecule has 0 saturated carbocycles. The van der Waals surface area contributed by atoms with Crippen molar-refractivity contribution in [2.75, 3.05) is 11.9 Å². The van der Waals surface area contributed by atoms with Crippen molar-refractivity contribution >= 4 is 11.9 Å². The van der Waals surface area contributed by atoms with Gasteiger partial charge in [0.2, 0.25) is 5.95 Å². The summed E-state index contributed by atoms with van der Waals surface area (Å²) in [5.41, 5.74) is 7.03. The van der Waals surface area contributed by atoms with Crippen LogP contribution in [0.5, 0.6) is 0 Å². The summed E-state index contributed by atoms with van der Waals surface area (Å²) in [7, 11) is 0. The van der Waals surface area contributed by atoms with Gasteiger partial charge in [-0.3, -0.25) is 4.79 Å². The number of amides is 1. The molecule has 0 fully saturated rings. The van der Waals surface area contributed by atoms with E-state index < -0.39 is 0 Å². The van der Waals surface area contributed by atoms with Crippen molar-refractivity contribution in [2.24, 2.45) is 0 Å². The van der Waals surface area contributed by atoms with Crippen LogP contribution < -0.4 is 5.32 Å². The molecule has 8 heteroatoms. The van der Waals surface area contributed by atoms with E-state index in [-0.39, 0.29) is 5.91 Å². The lowest BCUT2D eigenvalue weighted by Crippen LogP contribution is -2.36. The lowest BCUT2D eigenvalue weighted by atomic mass is 10.0. The van der Waals surface area contributed by atoms with Crippen molar-refractivity contribution in [1.82, 2.24) is 30.3 Å². The highest BCUT2D eigenvalue weighted by Crippen LogP contribution is 2.25. The smallest absolute Gasteiger partial charge is 0.254 e. The fourth-order valence-corrected chi connectivity index (χ4v) is 4.74. The predicted molar refractivity (Wildman–Crippen MR) is 124 cm³/mol. The predicted octanol–water partition coefficient (Wildman–Crippen LogP) is 3.04. The van der Waals surface area contributed by atoms with Gasteiger partial charge in [-0.2, -0.15) is 15.4 Å². The first kappa shape index (κ1) is 19.6. The van der Waals surface area contributed by atoms with E-state index in [4.69, 9.17) is 4.98 Å². The van der Waals surface area contributed by atoms with Gasteiger partial charge in [-0.15, -0.1) is 0 Å². The summed E-state index contributed by atoms with van der Waals surface area (Å²) >= 11 is 0. The molecule has 2 aliphatic rings. The average Bonchev–Trinajstić information content (AvgIpc) is 3.53. The van der Waals surface area contributed by atoms with Gasteiger partial charge in [-0.1, -0.05) is 36.4 Å². The molecule has 0 radical (unpaired) electrons. The highest BCUT2D eigenvalue weighted by Gasteiger charge is 2.25. The molecule has 0 unspecified atom stereocenters. The van der Waals surface area contributed by atoms with Crippen molar-refractivity contribution in [3.05, 3.63) is 88.9 Å². The third-order valence-electron chi connectivity index (χ3n) is 6.43. The standard InChI is InChI=1S/C25H23N7O/c33-24(19-7-3-6-18(10-19)23-14-27-31-30-23)32-9-8-22-20(15-32)13-26-25(29-22)28-21-11-16-4-1-2-5-17(16)12-21/h1-7,10,13-14,21H,8-9,11-12,15H2,(H,26,28,29)(H,27,30,31). The van der Waals surface area contributed by atoms with E-state index in [1.807, 2.05) is 35.4 Å². The van der Waals surface area contributed by atoms with Crippen LogP contribution in [-0.4, -0.2) is 48.8 Å². The zero-order chi connectivity index (χ0) is 22.2. The number of rotatable bonds is 4. The number of H-pyrrole nitrogens is 1. The maximum absolute atomic E-state index is 13.2. The summed E-state index contributed by atoms with van der Waals surface area (Å²) in [6.45, 7) is 1.14. The van der Waals surface area contributed by atoms with Gasteiger partial charge in [0.15, 0.2) is 0 Å². The molecule has 33 heavy (non-hydrogen) atoms. The summed E-state index contributed by atoms with van der Waals surface area (Å²) in [4.78, 5) is 24.3. The number of aromatic amines is 1. The lowest BCUT2D eigenvalue weighted by molar-refractivity contribution is 0.0733. The van der Waals surface area contributed by atoms with Gasteiger partial charge in [0.05, 0.1) is 11.9 Å². The SMILES string of the molecule is O=C(c1cccc(-c2cn[nH]n2)c1)N1CCc2nc(NC3Cc4ccccc4C3)ncc2C1. The minimum absolute atomic E-state index is 0.00286. The average molecular weight is 438 g/mol.